The first-order chi connectivity index (χ1) is 4.04. The molecule has 0 aromatic rings. The number of carboxylic acids is 2. The standard InChI is InChI=1S/C4H6O5.2CH3.Ca/c5-2(4(8)9)1-3(6)7;;;/h2,5H,1H2,(H,6,7)(H,8,9);2*1H3;/q;2*-1;+2. The molecule has 0 saturated heterocycles. The molecule has 12 heavy (non-hydrogen) atoms. The molecule has 0 bridgehead atoms. The van der Waals surface area contributed by atoms with Crippen molar-refractivity contribution in [1.29, 1.82) is 0 Å². The third kappa shape index (κ3) is 12.8. The topological polar surface area (TPSA) is 94.8 Å². The maximum atomic E-state index is 9.72. The zero-order valence-corrected chi connectivity index (χ0v) is 9.36. The van der Waals surface area contributed by atoms with E-state index in [1.54, 1.807) is 0 Å². The second kappa shape index (κ2) is 11.2. The van der Waals surface area contributed by atoms with E-state index in [1.807, 2.05) is 0 Å². The first-order valence-corrected chi connectivity index (χ1v) is 2.16. The van der Waals surface area contributed by atoms with Crippen molar-refractivity contribution in [2.24, 2.45) is 0 Å². The molecule has 6 heteroatoms. The molecule has 0 saturated carbocycles. The monoisotopic (exact) mass is 204 g/mol. The fourth-order valence-corrected chi connectivity index (χ4v) is 0.253. The van der Waals surface area contributed by atoms with Crippen LogP contribution in [-0.4, -0.2) is 71.1 Å². The van der Waals surface area contributed by atoms with Gasteiger partial charge in [0.15, 0.2) is 6.10 Å². The Balaban J connectivity index is -0.000000107. The summed E-state index contributed by atoms with van der Waals surface area (Å²) in [6, 6.07) is 0. The van der Waals surface area contributed by atoms with E-state index in [-0.39, 0.29) is 52.6 Å². The summed E-state index contributed by atoms with van der Waals surface area (Å²) in [5.41, 5.74) is 0. The van der Waals surface area contributed by atoms with Gasteiger partial charge < -0.3 is 30.2 Å². The van der Waals surface area contributed by atoms with Crippen LogP contribution in [0.2, 0.25) is 0 Å². The fraction of sp³-hybridized carbons (Fsp3) is 0.333. The van der Waals surface area contributed by atoms with Gasteiger partial charge in [-0.15, -0.1) is 0 Å². The first kappa shape index (κ1) is 22.7. The van der Waals surface area contributed by atoms with Crippen molar-refractivity contribution in [3.63, 3.8) is 0 Å². The summed E-state index contributed by atoms with van der Waals surface area (Å²) in [6.07, 6.45) is -2.54. The van der Waals surface area contributed by atoms with Crippen LogP contribution in [0.3, 0.4) is 0 Å². The van der Waals surface area contributed by atoms with Gasteiger partial charge in [-0.05, 0) is 0 Å². The van der Waals surface area contributed by atoms with Gasteiger partial charge in [0.05, 0.1) is 6.42 Å². The largest absolute Gasteiger partial charge is 2.00 e. The van der Waals surface area contributed by atoms with E-state index in [4.69, 9.17) is 15.3 Å². The Morgan fingerprint density at radius 2 is 1.50 bits per heavy atom. The predicted molar refractivity (Wildman–Crippen MR) is 44.5 cm³/mol. The zero-order chi connectivity index (χ0) is 7.44. The second-order valence-electron chi connectivity index (χ2n) is 1.45. The molecule has 0 aromatic carbocycles. The van der Waals surface area contributed by atoms with E-state index in [9.17, 15) is 9.59 Å². The molecule has 0 aliphatic carbocycles. The Bertz CT molecular complexity index is 136. The van der Waals surface area contributed by atoms with Gasteiger partial charge in [0.2, 0.25) is 0 Å². The molecule has 1 atom stereocenters. The molecule has 3 N–H and O–H groups in total. The Labute approximate surface area is 101 Å². The number of aliphatic carboxylic acids is 2. The van der Waals surface area contributed by atoms with Crippen molar-refractivity contribution in [3.05, 3.63) is 14.9 Å². The third-order valence-electron chi connectivity index (χ3n) is 0.653. The van der Waals surface area contributed by atoms with E-state index >= 15 is 0 Å². The van der Waals surface area contributed by atoms with Gasteiger partial charge >= 0.3 is 49.7 Å². The van der Waals surface area contributed by atoms with Crippen molar-refractivity contribution in [3.8, 4) is 0 Å². The van der Waals surface area contributed by atoms with Crippen LogP contribution in [0.25, 0.3) is 0 Å². The summed E-state index contributed by atoms with van der Waals surface area (Å²) < 4.78 is 0. The minimum Gasteiger partial charge on any atom is -0.481 e. The van der Waals surface area contributed by atoms with Gasteiger partial charge in [0, 0.05) is 0 Å². The molecule has 1 unspecified atom stereocenters. The molecule has 0 aromatic heterocycles. The Kier molecular flexibility index (Phi) is 21.2. The fourth-order valence-electron chi connectivity index (χ4n) is 0.253. The average Bonchev–Trinajstić information content (AvgIpc) is 1.63. The molecule has 0 fully saturated rings. The van der Waals surface area contributed by atoms with Crippen LogP contribution in [0.5, 0.6) is 0 Å². The van der Waals surface area contributed by atoms with Crippen molar-refractivity contribution < 1.29 is 24.9 Å². The van der Waals surface area contributed by atoms with Crippen LogP contribution in [0, 0.1) is 14.9 Å². The summed E-state index contributed by atoms with van der Waals surface area (Å²) in [6.45, 7) is 0. The Morgan fingerprint density at radius 1 is 1.17 bits per heavy atom. The molecule has 0 aliphatic heterocycles. The van der Waals surface area contributed by atoms with Gasteiger partial charge in [0.25, 0.3) is 0 Å². The predicted octanol–water partition coefficient (Wildman–Crippen LogP) is -0.574. The van der Waals surface area contributed by atoms with Crippen molar-refractivity contribution in [2.75, 3.05) is 0 Å². The van der Waals surface area contributed by atoms with Crippen LogP contribution in [0.1, 0.15) is 6.42 Å². The molecule has 0 radical (unpaired) electrons. The molecule has 0 heterocycles. The normalized spacial score (nSPS) is 9.42. The van der Waals surface area contributed by atoms with Gasteiger partial charge in [-0.1, -0.05) is 0 Å². The molecular weight excluding hydrogens is 192 g/mol. The number of aliphatic hydroxyl groups is 1. The number of rotatable bonds is 3. The van der Waals surface area contributed by atoms with E-state index in [0.717, 1.165) is 0 Å². The second-order valence-corrected chi connectivity index (χ2v) is 1.45. The average molecular weight is 204 g/mol. The van der Waals surface area contributed by atoms with Crippen LogP contribution >= 0.6 is 0 Å². The quantitative estimate of drug-likeness (QED) is 0.422. The molecular formula is C6H12CaO5. The maximum Gasteiger partial charge on any atom is 2.00 e. The minimum atomic E-state index is -1.79. The first-order valence-electron chi connectivity index (χ1n) is 2.16. The van der Waals surface area contributed by atoms with E-state index in [0.29, 0.717) is 0 Å². The molecule has 0 amide bonds. The molecule has 0 rings (SSSR count). The van der Waals surface area contributed by atoms with Crippen LogP contribution in [-0.2, 0) is 9.59 Å². The maximum absolute atomic E-state index is 9.72. The molecule has 5 nitrogen and oxygen atoms in total. The van der Waals surface area contributed by atoms with E-state index in [2.05, 4.69) is 0 Å². The van der Waals surface area contributed by atoms with Crippen molar-refractivity contribution in [2.45, 2.75) is 12.5 Å². The third-order valence-corrected chi connectivity index (χ3v) is 0.653. The minimum absolute atomic E-state index is 0. The summed E-state index contributed by atoms with van der Waals surface area (Å²) in [5, 5.41) is 24.1. The van der Waals surface area contributed by atoms with Crippen LogP contribution in [0.4, 0.5) is 0 Å². The molecule has 68 valence electrons. The summed E-state index contributed by atoms with van der Waals surface area (Å²) in [7, 11) is 0. The van der Waals surface area contributed by atoms with Gasteiger partial charge in [-0.3, -0.25) is 4.79 Å². The smallest absolute Gasteiger partial charge is 0.481 e. The summed E-state index contributed by atoms with van der Waals surface area (Å²) >= 11 is 0. The van der Waals surface area contributed by atoms with Crippen LogP contribution in [0.15, 0.2) is 0 Å². The summed E-state index contributed by atoms with van der Waals surface area (Å²) in [4.78, 5) is 19.4. The van der Waals surface area contributed by atoms with Crippen molar-refractivity contribution in [1.82, 2.24) is 0 Å². The van der Waals surface area contributed by atoms with E-state index < -0.39 is 24.5 Å². The van der Waals surface area contributed by atoms with Gasteiger partial charge in [-0.2, -0.15) is 0 Å². The Morgan fingerprint density at radius 3 is 1.58 bits per heavy atom. The van der Waals surface area contributed by atoms with E-state index in [1.165, 1.54) is 0 Å². The molecule has 0 spiro atoms. The number of carboxylic acid groups (broad SMARTS) is 2. The number of aliphatic hydroxyl groups excluding tert-OH is 1. The Hall–Kier alpha value is 0.160. The molecule has 0 aliphatic rings. The number of carbonyl (C=O) groups is 2. The number of hydrogen-bond donors (Lipinski definition) is 3. The SMILES string of the molecule is O=C(O)CC(O)C(=O)O.[CH3-].[CH3-].[Ca+2]. The van der Waals surface area contributed by atoms with Crippen molar-refractivity contribution >= 4 is 49.7 Å². The summed E-state index contributed by atoms with van der Waals surface area (Å²) in [5.74, 6) is -2.85. The van der Waals surface area contributed by atoms with Gasteiger partial charge in [-0.25, -0.2) is 4.79 Å². The van der Waals surface area contributed by atoms with Gasteiger partial charge in [0.1, 0.15) is 0 Å². The van der Waals surface area contributed by atoms with Crippen LogP contribution < -0.4 is 0 Å². The number of hydrogen-bond acceptors (Lipinski definition) is 3. The zero-order valence-electron chi connectivity index (χ0n) is 7.15.